The zero-order valence-electron chi connectivity index (χ0n) is 14.7. The summed E-state index contributed by atoms with van der Waals surface area (Å²) in [7, 11) is 0. The van der Waals surface area contributed by atoms with Crippen LogP contribution in [-0.2, 0) is 0 Å². The van der Waals surface area contributed by atoms with Crippen LogP contribution in [0.5, 0.6) is 0 Å². The number of rotatable bonds is 6. The van der Waals surface area contributed by atoms with Crippen LogP contribution in [-0.4, -0.2) is 20.2 Å². The lowest BCUT2D eigenvalue weighted by Crippen LogP contribution is -2.01. The van der Waals surface area contributed by atoms with Gasteiger partial charge in [0.25, 0.3) is 0 Å². The minimum Gasteiger partial charge on any atom is -0.449 e. The van der Waals surface area contributed by atoms with Crippen LogP contribution in [0.3, 0.4) is 0 Å². The summed E-state index contributed by atoms with van der Waals surface area (Å²) in [6, 6.07) is 17.3. The zero-order valence-corrected chi connectivity index (χ0v) is 14.7. The SMILES string of the molecule is Cc1cc(Nc2cc(Nc3ccco3)nc(/C=C/c3ccccc3)n2)n[nH]1. The molecular weight excluding hydrogens is 340 g/mol. The minimum absolute atomic E-state index is 0.560. The van der Waals surface area contributed by atoms with Gasteiger partial charge in [-0.25, -0.2) is 9.97 Å². The molecule has 0 radical (unpaired) electrons. The third-order valence-electron chi connectivity index (χ3n) is 3.70. The number of aromatic nitrogens is 4. The highest BCUT2D eigenvalue weighted by atomic mass is 16.3. The van der Waals surface area contributed by atoms with Gasteiger partial charge < -0.3 is 15.1 Å². The van der Waals surface area contributed by atoms with E-state index >= 15 is 0 Å². The fourth-order valence-electron chi connectivity index (χ4n) is 2.49. The Morgan fingerprint density at radius 3 is 2.41 bits per heavy atom. The molecule has 4 aromatic rings. The lowest BCUT2D eigenvalue weighted by Gasteiger charge is -2.07. The van der Waals surface area contributed by atoms with Crippen molar-refractivity contribution in [2.75, 3.05) is 10.6 Å². The van der Waals surface area contributed by atoms with E-state index in [0.29, 0.717) is 29.2 Å². The fourth-order valence-corrected chi connectivity index (χ4v) is 2.49. The molecule has 4 rings (SSSR count). The van der Waals surface area contributed by atoms with E-state index in [9.17, 15) is 0 Å². The van der Waals surface area contributed by atoms with Gasteiger partial charge in [-0.15, -0.1) is 0 Å². The Morgan fingerprint density at radius 1 is 0.889 bits per heavy atom. The summed E-state index contributed by atoms with van der Waals surface area (Å²) in [5.41, 5.74) is 2.03. The van der Waals surface area contributed by atoms with Crippen molar-refractivity contribution in [2.45, 2.75) is 6.92 Å². The topological polar surface area (TPSA) is 91.7 Å². The number of anilines is 4. The summed E-state index contributed by atoms with van der Waals surface area (Å²) in [5, 5.41) is 13.4. The van der Waals surface area contributed by atoms with E-state index in [-0.39, 0.29) is 0 Å². The van der Waals surface area contributed by atoms with Gasteiger partial charge in [-0.05, 0) is 24.6 Å². The molecule has 0 saturated carbocycles. The molecule has 0 atom stereocenters. The quantitative estimate of drug-likeness (QED) is 0.460. The molecule has 3 aromatic heterocycles. The van der Waals surface area contributed by atoms with Gasteiger partial charge in [0.2, 0.25) is 0 Å². The molecule has 27 heavy (non-hydrogen) atoms. The van der Waals surface area contributed by atoms with E-state index in [1.807, 2.05) is 67.6 Å². The van der Waals surface area contributed by atoms with Gasteiger partial charge in [0, 0.05) is 23.9 Å². The van der Waals surface area contributed by atoms with Crippen molar-refractivity contribution in [1.29, 1.82) is 0 Å². The first kappa shape index (κ1) is 16.6. The second-order valence-electron chi connectivity index (χ2n) is 5.90. The summed E-state index contributed by atoms with van der Waals surface area (Å²) >= 11 is 0. The first-order chi connectivity index (χ1) is 13.2. The third kappa shape index (κ3) is 4.40. The average Bonchev–Trinajstić information content (AvgIpc) is 3.32. The van der Waals surface area contributed by atoms with Crippen LogP contribution in [0.2, 0.25) is 0 Å². The fraction of sp³-hybridized carbons (Fsp3) is 0.0500. The molecule has 1 aromatic carbocycles. The second kappa shape index (κ2) is 7.57. The van der Waals surface area contributed by atoms with Crippen LogP contribution in [0, 0.1) is 6.92 Å². The maximum Gasteiger partial charge on any atom is 0.198 e. The first-order valence-electron chi connectivity index (χ1n) is 8.46. The van der Waals surface area contributed by atoms with Gasteiger partial charge in [-0.1, -0.05) is 36.4 Å². The van der Waals surface area contributed by atoms with E-state index < -0.39 is 0 Å². The van der Waals surface area contributed by atoms with Crippen molar-refractivity contribution in [1.82, 2.24) is 20.2 Å². The highest BCUT2D eigenvalue weighted by Gasteiger charge is 2.07. The second-order valence-corrected chi connectivity index (χ2v) is 5.90. The Labute approximate surface area is 156 Å². The predicted octanol–water partition coefficient (Wildman–Crippen LogP) is 4.76. The Morgan fingerprint density at radius 2 is 1.70 bits per heavy atom. The number of H-pyrrole nitrogens is 1. The van der Waals surface area contributed by atoms with Crippen LogP contribution in [0.4, 0.5) is 23.3 Å². The van der Waals surface area contributed by atoms with Gasteiger partial charge in [0.05, 0.1) is 6.26 Å². The maximum absolute atomic E-state index is 5.34. The number of furan rings is 1. The monoisotopic (exact) mass is 358 g/mol. The number of benzene rings is 1. The molecule has 3 N–H and O–H groups in total. The van der Waals surface area contributed by atoms with Crippen molar-refractivity contribution in [3.63, 3.8) is 0 Å². The smallest absolute Gasteiger partial charge is 0.198 e. The zero-order chi connectivity index (χ0) is 18.5. The Kier molecular flexibility index (Phi) is 4.65. The Balaban J connectivity index is 1.64. The standard InChI is InChI=1S/C20H18N6O/c1-14-12-19(26-25-14)23-17-13-18(24-20-8-5-11-27-20)22-16(21-17)10-9-15-6-3-2-4-7-15/h2-13H,1H3,(H3,21,22,23,24,25,26)/b10-9+. The molecule has 134 valence electrons. The highest BCUT2D eigenvalue weighted by molar-refractivity contribution is 5.69. The Bertz CT molecular complexity index is 1040. The van der Waals surface area contributed by atoms with Gasteiger partial charge >= 0.3 is 0 Å². The van der Waals surface area contributed by atoms with E-state index in [0.717, 1.165) is 11.3 Å². The van der Waals surface area contributed by atoms with Crippen molar-refractivity contribution in [3.05, 3.63) is 77.9 Å². The van der Waals surface area contributed by atoms with Crippen molar-refractivity contribution < 1.29 is 4.42 Å². The molecule has 0 bridgehead atoms. The largest absolute Gasteiger partial charge is 0.449 e. The molecular formula is C20H18N6O. The van der Waals surface area contributed by atoms with Crippen molar-refractivity contribution >= 4 is 35.5 Å². The highest BCUT2D eigenvalue weighted by Crippen LogP contribution is 2.21. The van der Waals surface area contributed by atoms with Crippen LogP contribution in [0.1, 0.15) is 17.1 Å². The first-order valence-corrected chi connectivity index (χ1v) is 8.46. The molecule has 7 nitrogen and oxygen atoms in total. The van der Waals surface area contributed by atoms with Gasteiger partial charge in [-0.2, -0.15) is 5.10 Å². The minimum atomic E-state index is 0.560. The maximum atomic E-state index is 5.34. The number of aromatic amines is 1. The van der Waals surface area contributed by atoms with E-state index in [1.54, 1.807) is 12.3 Å². The molecule has 0 saturated heterocycles. The molecule has 0 spiro atoms. The lowest BCUT2D eigenvalue weighted by molar-refractivity contribution is 0.585. The predicted molar refractivity (Wildman–Crippen MR) is 106 cm³/mol. The van der Waals surface area contributed by atoms with E-state index in [2.05, 4.69) is 30.8 Å². The van der Waals surface area contributed by atoms with Crippen molar-refractivity contribution in [3.8, 4) is 0 Å². The van der Waals surface area contributed by atoms with Gasteiger partial charge in [-0.3, -0.25) is 5.10 Å². The number of hydrogen-bond donors (Lipinski definition) is 3. The van der Waals surface area contributed by atoms with Crippen LogP contribution in [0.25, 0.3) is 12.2 Å². The number of aryl methyl sites for hydroxylation is 1. The molecule has 7 heteroatoms. The number of nitrogens with one attached hydrogen (secondary N) is 3. The molecule has 0 aliphatic carbocycles. The van der Waals surface area contributed by atoms with Gasteiger partial charge in [0.1, 0.15) is 11.6 Å². The molecule has 0 fully saturated rings. The average molecular weight is 358 g/mol. The molecule has 0 unspecified atom stereocenters. The number of hydrogen-bond acceptors (Lipinski definition) is 6. The molecule has 0 aliphatic heterocycles. The normalized spacial score (nSPS) is 11.0. The van der Waals surface area contributed by atoms with Gasteiger partial charge in [0.15, 0.2) is 17.5 Å². The van der Waals surface area contributed by atoms with E-state index in [4.69, 9.17) is 4.42 Å². The molecule has 0 amide bonds. The molecule has 3 heterocycles. The summed E-state index contributed by atoms with van der Waals surface area (Å²) < 4.78 is 5.34. The Hall–Kier alpha value is -3.87. The van der Waals surface area contributed by atoms with E-state index in [1.165, 1.54) is 0 Å². The summed E-state index contributed by atoms with van der Waals surface area (Å²) in [6.45, 7) is 1.94. The summed E-state index contributed by atoms with van der Waals surface area (Å²) in [5.74, 6) is 3.09. The lowest BCUT2D eigenvalue weighted by atomic mass is 10.2. The van der Waals surface area contributed by atoms with Crippen LogP contribution in [0.15, 0.2) is 65.3 Å². The number of nitrogens with zero attached hydrogens (tertiary/aromatic N) is 3. The third-order valence-corrected chi connectivity index (χ3v) is 3.70. The van der Waals surface area contributed by atoms with Crippen LogP contribution < -0.4 is 10.6 Å². The van der Waals surface area contributed by atoms with Crippen molar-refractivity contribution in [2.24, 2.45) is 0 Å². The molecule has 0 aliphatic rings. The summed E-state index contributed by atoms with van der Waals surface area (Å²) in [6.07, 6.45) is 5.43. The summed E-state index contributed by atoms with van der Waals surface area (Å²) in [4.78, 5) is 9.08. The van der Waals surface area contributed by atoms with Crippen LogP contribution >= 0.6 is 0 Å².